The molecule has 1 aromatic heterocycles. The number of carbonyl (C=O) groups is 1. The molecule has 0 radical (unpaired) electrons. The van der Waals surface area contributed by atoms with Crippen LogP contribution in [0.5, 0.6) is 5.75 Å². The molecule has 0 saturated heterocycles. The van der Waals surface area contributed by atoms with E-state index in [4.69, 9.17) is 4.42 Å². The van der Waals surface area contributed by atoms with Crippen LogP contribution in [-0.4, -0.2) is 29.8 Å². The average Bonchev–Trinajstić information content (AvgIpc) is 2.97. The van der Waals surface area contributed by atoms with Crippen molar-refractivity contribution >= 4 is 11.6 Å². The first-order valence-corrected chi connectivity index (χ1v) is 8.93. The van der Waals surface area contributed by atoms with Crippen molar-refractivity contribution in [2.45, 2.75) is 41.2 Å². The third-order valence-electron chi connectivity index (χ3n) is 4.55. The smallest absolute Gasteiger partial charge is 0.274 e. The fourth-order valence-electron chi connectivity index (χ4n) is 2.84. The first-order valence-electron chi connectivity index (χ1n) is 8.93. The zero-order valence-electron chi connectivity index (χ0n) is 16.1. The molecule has 0 spiro atoms. The van der Waals surface area contributed by atoms with Crippen molar-refractivity contribution in [2.24, 2.45) is 5.10 Å². The van der Waals surface area contributed by atoms with E-state index in [0.29, 0.717) is 22.8 Å². The van der Waals surface area contributed by atoms with Crippen LogP contribution < -0.4 is 10.3 Å². The highest BCUT2D eigenvalue weighted by Gasteiger charge is 2.14. The predicted molar refractivity (Wildman–Crippen MR) is 102 cm³/mol. The molecule has 26 heavy (non-hydrogen) atoms. The van der Waals surface area contributed by atoms with E-state index in [-0.39, 0.29) is 11.7 Å². The number of amides is 1. The lowest BCUT2D eigenvalue weighted by atomic mass is 10.1. The number of hydrogen-bond donors (Lipinski definition) is 3. The largest absolute Gasteiger partial charge is 0.507 e. The number of quaternary nitrogens is 1. The van der Waals surface area contributed by atoms with E-state index in [2.05, 4.69) is 24.4 Å². The molecule has 1 amide bonds. The van der Waals surface area contributed by atoms with Gasteiger partial charge in [-0.15, -0.1) is 0 Å². The van der Waals surface area contributed by atoms with E-state index in [1.165, 1.54) is 4.90 Å². The second-order valence-electron chi connectivity index (χ2n) is 6.44. The zero-order valence-corrected chi connectivity index (χ0v) is 16.1. The quantitative estimate of drug-likeness (QED) is 0.524. The van der Waals surface area contributed by atoms with E-state index >= 15 is 0 Å². The molecule has 0 saturated carbocycles. The summed E-state index contributed by atoms with van der Waals surface area (Å²) in [6, 6.07) is 7.10. The van der Waals surface area contributed by atoms with Crippen LogP contribution in [0.4, 0.5) is 0 Å². The summed E-state index contributed by atoms with van der Waals surface area (Å²) < 4.78 is 5.37. The van der Waals surface area contributed by atoms with Crippen molar-refractivity contribution in [3.05, 3.63) is 52.5 Å². The van der Waals surface area contributed by atoms with Crippen molar-refractivity contribution in [1.29, 1.82) is 0 Å². The molecule has 6 nitrogen and oxygen atoms in total. The van der Waals surface area contributed by atoms with Gasteiger partial charge < -0.3 is 14.4 Å². The van der Waals surface area contributed by atoms with Crippen molar-refractivity contribution < 1.29 is 19.2 Å². The van der Waals surface area contributed by atoms with Crippen molar-refractivity contribution in [2.75, 3.05) is 13.1 Å². The van der Waals surface area contributed by atoms with Crippen LogP contribution in [0.2, 0.25) is 0 Å². The Morgan fingerprint density at radius 3 is 2.50 bits per heavy atom. The first kappa shape index (κ1) is 19.7. The Morgan fingerprint density at radius 1 is 1.23 bits per heavy atom. The lowest BCUT2D eigenvalue weighted by Crippen LogP contribution is -3.10. The minimum Gasteiger partial charge on any atom is -0.507 e. The third-order valence-corrected chi connectivity index (χ3v) is 4.55. The molecular weight excluding hydrogens is 330 g/mol. The summed E-state index contributed by atoms with van der Waals surface area (Å²) in [5.74, 6) is 1.25. The number of aromatic hydroxyl groups is 1. The average molecular weight is 358 g/mol. The number of hydrazone groups is 1. The maximum Gasteiger partial charge on any atom is 0.274 e. The molecule has 1 aromatic carbocycles. The van der Waals surface area contributed by atoms with Gasteiger partial charge in [-0.1, -0.05) is 0 Å². The Hall–Kier alpha value is -2.60. The van der Waals surface area contributed by atoms with Gasteiger partial charge in [0, 0.05) is 5.56 Å². The molecule has 0 atom stereocenters. The Bertz CT molecular complexity index is 805. The summed E-state index contributed by atoms with van der Waals surface area (Å²) in [6.45, 7) is 12.4. The van der Waals surface area contributed by atoms with E-state index < -0.39 is 0 Å². The summed E-state index contributed by atoms with van der Waals surface area (Å²) in [4.78, 5) is 13.6. The van der Waals surface area contributed by atoms with Crippen molar-refractivity contribution in [3.8, 4) is 5.75 Å². The van der Waals surface area contributed by atoms with Gasteiger partial charge in [0.05, 0.1) is 24.4 Å². The fourth-order valence-corrected chi connectivity index (χ4v) is 2.84. The maximum absolute atomic E-state index is 12.2. The summed E-state index contributed by atoms with van der Waals surface area (Å²) in [6.07, 6.45) is 0. The third kappa shape index (κ3) is 4.73. The molecule has 3 N–H and O–H groups in total. The van der Waals surface area contributed by atoms with Gasteiger partial charge in [0.15, 0.2) is 0 Å². The zero-order chi connectivity index (χ0) is 19.3. The van der Waals surface area contributed by atoms with E-state index in [1.807, 2.05) is 13.0 Å². The number of furan rings is 1. The summed E-state index contributed by atoms with van der Waals surface area (Å²) in [5, 5.41) is 14.3. The number of nitrogens with zero attached hydrogens (tertiary/aromatic N) is 1. The highest BCUT2D eigenvalue weighted by molar-refractivity contribution is 6.01. The number of rotatable bonds is 7. The molecule has 0 bridgehead atoms. The topological polar surface area (TPSA) is 79.3 Å². The molecule has 0 aliphatic rings. The molecular formula is C20H28N3O3+. The minimum atomic E-state index is -0.301. The summed E-state index contributed by atoms with van der Waals surface area (Å²) in [5.41, 5.74) is 5.47. The molecule has 1 heterocycles. The van der Waals surface area contributed by atoms with Crippen LogP contribution in [-0.2, 0) is 6.54 Å². The number of phenolic OH excluding ortho intramolecular Hbond substituents is 1. The molecule has 140 valence electrons. The highest BCUT2D eigenvalue weighted by atomic mass is 16.3. The summed E-state index contributed by atoms with van der Waals surface area (Å²) >= 11 is 0. The number of aryl methyl sites for hydroxylation is 2. The predicted octanol–water partition coefficient (Wildman–Crippen LogP) is 2.18. The Balaban J connectivity index is 2.15. The monoisotopic (exact) mass is 358 g/mol. The molecule has 0 unspecified atom stereocenters. The second kappa shape index (κ2) is 8.67. The molecule has 0 fully saturated rings. The Morgan fingerprint density at radius 2 is 1.92 bits per heavy atom. The first-order chi connectivity index (χ1) is 12.3. The van der Waals surface area contributed by atoms with Gasteiger partial charge in [-0.05, 0) is 64.4 Å². The summed E-state index contributed by atoms with van der Waals surface area (Å²) in [7, 11) is 0. The van der Waals surface area contributed by atoms with Gasteiger partial charge in [-0.25, -0.2) is 5.43 Å². The van der Waals surface area contributed by atoms with Gasteiger partial charge >= 0.3 is 0 Å². The molecule has 0 aliphatic carbocycles. The molecule has 2 rings (SSSR count). The van der Waals surface area contributed by atoms with Crippen molar-refractivity contribution in [3.63, 3.8) is 0 Å². The lowest BCUT2D eigenvalue weighted by Gasteiger charge is -2.16. The highest BCUT2D eigenvalue weighted by Crippen LogP contribution is 2.18. The number of benzene rings is 1. The van der Waals surface area contributed by atoms with Gasteiger partial charge in [-0.3, -0.25) is 4.79 Å². The number of hydrogen-bond acceptors (Lipinski definition) is 4. The van der Waals surface area contributed by atoms with Gasteiger partial charge in [0.2, 0.25) is 0 Å². The molecule has 2 aromatic rings. The van der Waals surface area contributed by atoms with Crippen LogP contribution in [0.25, 0.3) is 0 Å². The van der Waals surface area contributed by atoms with E-state index in [0.717, 1.165) is 30.8 Å². The van der Waals surface area contributed by atoms with Crippen LogP contribution in [0.1, 0.15) is 53.8 Å². The van der Waals surface area contributed by atoms with Crippen LogP contribution in [0, 0.1) is 13.8 Å². The van der Waals surface area contributed by atoms with Crippen LogP contribution in [0.15, 0.2) is 33.8 Å². The Labute approximate surface area is 154 Å². The van der Waals surface area contributed by atoms with Crippen LogP contribution in [0.3, 0.4) is 0 Å². The second-order valence-corrected chi connectivity index (χ2v) is 6.44. The minimum absolute atomic E-state index is 0.287. The van der Waals surface area contributed by atoms with Crippen LogP contribution >= 0.6 is 0 Å². The van der Waals surface area contributed by atoms with Gasteiger partial charge in [-0.2, -0.15) is 5.10 Å². The fraction of sp³-hybridized carbons (Fsp3) is 0.400. The number of carbonyl (C=O) groups excluding carboxylic acids is 1. The molecule has 6 heteroatoms. The molecule has 0 aliphatic heterocycles. The lowest BCUT2D eigenvalue weighted by molar-refractivity contribution is -0.910. The Kier molecular flexibility index (Phi) is 6.58. The number of nitrogens with one attached hydrogen (secondary N) is 2. The SMILES string of the molecule is CC[NH+](CC)Cc1cc(/C(C)=N/NC(=O)c2cc(C)oc2C)ccc1O. The van der Waals surface area contributed by atoms with E-state index in [1.54, 1.807) is 32.0 Å². The number of phenols is 1. The standard InChI is InChI=1S/C20H27N3O3/c1-6-23(7-2)12-17-11-16(8-9-19(17)24)14(4)21-22-20(25)18-10-13(3)26-15(18)5/h8-11,24H,6-7,12H2,1-5H3,(H,22,25)/p+1/b21-14+. The van der Waals surface area contributed by atoms with Crippen molar-refractivity contribution in [1.82, 2.24) is 5.43 Å². The van der Waals surface area contributed by atoms with Gasteiger partial charge in [0.1, 0.15) is 23.8 Å². The maximum atomic E-state index is 12.2. The normalized spacial score (nSPS) is 11.8. The van der Waals surface area contributed by atoms with E-state index in [9.17, 15) is 9.90 Å². The van der Waals surface area contributed by atoms with Gasteiger partial charge in [0.25, 0.3) is 5.91 Å².